The Balaban J connectivity index is 2.14. The van der Waals surface area contributed by atoms with Gasteiger partial charge in [0.2, 0.25) is 0 Å². The summed E-state index contributed by atoms with van der Waals surface area (Å²) in [5.74, 6) is 0. The number of aromatic nitrogens is 2. The lowest BCUT2D eigenvalue weighted by Gasteiger charge is -2.06. The molecule has 4 nitrogen and oxygen atoms in total. The van der Waals surface area contributed by atoms with Crippen LogP contribution in [0.1, 0.15) is 16.8 Å². The molecule has 0 aliphatic rings. The third-order valence-electron chi connectivity index (χ3n) is 2.64. The van der Waals surface area contributed by atoms with Crippen LogP contribution in [-0.4, -0.2) is 16.1 Å². The van der Waals surface area contributed by atoms with Crippen molar-refractivity contribution in [3.63, 3.8) is 0 Å². The quantitative estimate of drug-likeness (QED) is 0.854. The highest BCUT2D eigenvalue weighted by molar-refractivity contribution is 5.33. The molecule has 17 heavy (non-hydrogen) atoms. The van der Waals surface area contributed by atoms with Gasteiger partial charge in [0.1, 0.15) is 0 Å². The van der Waals surface area contributed by atoms with Gasteiger partial charge in [0.25, 0.3) is 0 Å². The summed E-state index contributed by atoms with van der Waals surface area (Å²) in [6, 6.07) is 9.72. The van der Waals surface area contributed by atoms with Gasteiger partial charge in [-0.15, -0.1) is 0 Å². The first-order chi connectivity index (χ1) is 8.33. The van der Waals surface area contributed by atoms with E-state index in [-0.39, 0.29) is 0 Å². The molecule has 0 spiro atoms. The zero-order valence-corrected chi connectivity index (χ0v) is 9.50. The van der Waals surface area contributed by atoms with Crippen LogP contribution in [0.4, 0.5) is 0 Å². The van der Waals surface area contributed by atoms with Gasteiger partial charge in [-0.2, -0.15) is 5.26 Å². The Hall–Kier alpha value is -2.12. The second-order valence-electron chi connectivity index (χ2n) is 3.85. The second-order valence-corrected chi connectivity index (χ2v) is 3.85. The summed E-state index contributed by atoms with van der Waals surface area (Å²) in [6.45, 7) is 1.39. The molecule has 0 aliphatic carbocycles. The van der Waals surface area contributed by atoms with Gasteiger partial charge in [-0.05, 0) is 17.7 Å². The average Bonchev–Trinajstić information content (AvgIpc) is 2.78. The largest absolute Gasteiger partial charge is 0.333 e. The van der Waals surface area contributed by atoms with Crippen molar-refractivity contribution in [3.8, 4) is 6.07 Å². The van der Waals surface area contributed by atoms with Gasteiger partial charge in [-0.25, -0.2) is 4.98 Å². The topological polar surface area (TPSA) is 67.6 Å². The van der Waals surface area contributed by atoms with Crippen LogP contribution in [0.15, 0.2) is 36.8 Å². The molecular formula is C13H14N4. The van der Waals surface area contributed by atoms with Crippen molar-refractivity contribution in [1.29, 1.82) is 5.26 Å². The molecule has 0 saturated carbocycles. The van der Waals surface area contributed by atoms with Gasteiger partial charge in [-0.1, -0.05) is 12.1 Å². The fraction of sp³-hybridized carbons (Fsp3) is 0.231. The van der Waals surface area contributed by atoms with E-state index in [4.69, 9.17) is 11.0 Å². The molecule has 0 amide bonds. The number of nitrogens with two attached hydrogens (primary N) is 1. The van der Waals surface area contributed by atoms with Crippen molar-refractivity contribution in [3.05, 3.63) is 53.6 Å². The van der Waals surface area contributed by atoms with E-state index >= 15 is 0 Å². The summed E-state index contributed by atoms with van der Waals surface area (Å²) in [4.78, 5) is 4.13. The Bertz CT molecular complexity index is 519. The third-order valence-corrected chi connectivity index (χ3v) is 2.64. The first-order valence-electron chi connectivity index (χ1n) is 5.51. The zero-order chi connectivity index (χ0) is 12.1. The van der Waals surface area contributed by atoms with E-state index in [0.29, 0.717) is 12.1 Å². The molecule has 4 heteroatoms. The van der Waals surface area contributed by atoms with Crippen molar-refractivity contribution in [1.82, 2.24) is 9.55 Å². The predicted octanol–water partition coefficient (Wildman–Crippen LogP) is 1.30. The Labute approximate surface area is 100 Å². The van der Waals surface area contributed by atoms with E-state index in [1.807, 2.05) is 30.5 Å². The number of nitriles is 1. The minimum atomic E-state index is 0.608. The summed E-state index contributed by atoms with van der Waals surface area (Å²) in [5.41, 5.74) is 8.53. The predicted molar refractivity (Wildman–Crippen MR) is 65.2 cm³/mol. The Morgan fingerprint density at radius 1 is 1.29 bits per heavy atom. The van der Waals surface area contributed by atoms with Crippen LogP contribution in [0.3, 0.4) is 0 Å². The van der Waals surface area contributed by atoms with Crippen LogP contribution >= 0.6 is 0 Å². The molecule has 0 aliphatic heterocycles. The van der Waals surface area contributed by atoms with Crippen molar-refractivity contribution >= 4 is 0 Å². The maximum absolute atomic E-state index is 8.72. The lowest BCUT2D eigenvalue weighted by molar-refractivity contribution is 0.679. The smallest absolute Gasteiger partial charge is 0.0991 e. The van der Waals surface area contributed by atoms with E-state index in [1.54, 1.807) is 6.33 Å². The summed E-state index contributed by atoms with van der Waals surface area (Å²) in [5, 5.41) is 8.72. The molecule has 1 aromatic heterocycles. The highest BCUT2D eigenvalue weighted by Crippen LogP contribution is 2.10. The highest BCUT2D eigenvalue weighted by Gasteiger charge is 2.02. The van der Waals surface area contributed by atoms with Gasteiger partial charge in [0.05, 0.1) is 18.0 Å². The monoisotopic (exact) mass is 226 g/mol. The molecule has 1 heterocycles. The van der Waals surface area contributed by atoms with Crippen molar-refractivity contribution in [2.24, 2.45) is 5.73 Å². The first kappa shape index (κ1) is 11.4. The molecular weight excluding hydrogens is 212 g/mol. The summed E-state index contributed by atoms with van der Waals surface area (Å²) in [7, 11) is 0. The van der Waals surface area contributed by atoms with Crippen molar-refractivity contribution < 1.29 is 0 Å². The van der Waals surface area contributed by atoms with Crippen LogP contribution in [0.5, 0.6) is 0 Å². The number of hydrogen-bond donors (Lipinski definition) is 1. The highest BCUT2D eigenvalue weighted by atomic mass is 15.0. The first-order valence-corrected chi connectivity index (χ1v) is 5.51. The van der Waals surface area contributed by atoms with Gasteiger partial charge < -0.3 is 10.3 Å². The van der Waals surface area contributed by atoms with E-state index in [9.17, 15) is 0 Å². The average molecular weight is 226 g/mol. The van der Waals surface area contributed by atoms with E-state index in [1.165, 1.54) is 5.56 Å². The van der Waals surface area contributed by atoms with Crippen LogP contribution in [-0.2, 0) is 13.0 Å². The van der Waals surface area contributed by atoms with E-state index < -0.39 is 0 Å². The Morgan fingerprint density at radius 2 is 2.06 bits per heavy atom. The van der Waals surface area contributed by atoms with E-state index in [2.05, 4.69) is 15.6 Å². The van der Waals surface area contributed by atoms with Crippen LogP contribution in [0, 0.1) is 11.3 Å². The zero-order valence-electron chi connectivity index (χ0n) is 9.50. The van der Waals surface area contributed by atoms with Gasteiger partial charge in [-0.3, -0.25) is 0 Å². The fourth-order valence-corrected chi connectivity index (χ4v) is 1.74. The fourth-order valence-electron chi connectivity index (χ4n) is 1.74. The molecule has 1 aromatic carbocycles. The number of imidazole rings is 1. The normalized spacial score (nSPS) is 10.1. The van der Waals surface area contributed by atoms with Crippen molar-refractivity contribution in [2.45, 2.75) is 13.0 Å². The Morgan fingerprint density at radius 3 is 2.71 bits per heavy atom. The standard InChI is InChI=1S/C13H14N4/c14-5-6-17-10-16-9-13(17)7-11-1-3-12(8-15)4-2-11/h1-4,9-10H,5-7,14H2. The molecule has 2 aromatic rings. The molecule has 0 bridgehead atoms. The second kappa shape index (κ2) is 5.28. The SMILES string of the molecule is N#Cc1ccc(Cc2cncn2CCN)cc1. The summed E-state index contributed by atoms with van der Waals surface area (Å²) >= 11 is 0. The lowest BCUT2D eigenvalue weighted by Crippen LogP contribution is -2.11. The van der Waals surface area contributed by atoms with Crippen LogP contribution < -0.4 is 5.73 Å². The number of benzene rings is 1. The van der Waals surface area contributed by atoms with Gasteiger partial charge in [0, 0.05) is 31.4 Å². The lowest BCUT2D eigenvalue weighted by atomic mass is 10.1. The maximum Gasteiger partial charge on any atom is 0.0991 e. The van der Waals surface area contributed by atoms with Gasteiger partial charge in [0.15, 0.2) is 0 Å². The number of hydrogen-bond acceptors (Lipinski definition) is 3. The third kappa shape index (κ3) is 2.71. The van der Waals surface area contributed by atoms with Crippen LogP contribution in [0.25, 0.3) is 0 Å². The van der Waals surface area contributed by atoms with Gasteiger partial charge >= 0.3 is 0 Å². The summed E-state index contributed by atoms with van der Waals surface area (Å²) < 4.78 is 2.05. The molecule has 2 rings (SSSR count). The van der Waals surface area contributed by atoms with Crippen LogP contribution in [0.2, 0.25) is 0 Å². The van der Waals surface area contributed by atoms with E-state index in [0.717, 1.165) is 18.7 Å². The molecule has 0 fully saturated rings. The number of rotatable bonds is 4. The molecule has 2 N–H and O–H groups in total. The maximum atomic E-state index is 8.72. The molecule has 0 radical (unpaired) electrons. The molecule has 86 valence electrons. The molecule has 0 atom stereocenters. The summed E-state index contributed by atoms with van der Waals surface area (Å²) in [6.07, 6.45) is 4.46. The molecule has 0 saturated heterocycles. The number of nitrogens with zero attached hydrogens (tertiary/aromatic N) is 3. The molecule has 0 unspecified atom stereocenters. The van der Waals surface area contributed by atoms with Crippen molar-refractivity contribution in [2.75, 3.05) is 6.54 Å². The minimum absolute atomic E-state index is 0.608. The minimum Gasteiger partial charge on any atom is -0.333 e. The Kier molecular flexibility index (Phi) is 3.53.